The van der Waals surface area contributed by atoms with E-state index in [0.29, 0.717) is 12.1 Å². The molecule has 2 aliphatic rings. The van der Waals surface area contributed by atoms with Crippen LogP contribution in [0.2, 0.25) is 0 Å². The second-order valence-corrected chi connectivity index (χ2v) is 6.38. The average molecular weight is 339 g/mol. The maximum Gasteiger partial charge on any atom is 0.0867 e. The van der Waals surface area contributed by atoms with Crippen LogP contribution < -0.4 is 5.32 Å². The zero-order valence-electron chi connectivity index (χ0n) is 9.49. The highest BCUT2D eigenvalue weighted by Crippen LogP contribution is 2.42. The summed E-state index contributed by atoms with van der Waals surface area (Å²) in [6, 6.07) is 5.73. The van der Waals surface area contributed by atoms with Crippen LogP contribution in [0.3, 0.4) is 0 Å². The number of hydrogen-bond donors (Lipinski definition) is 1. The van der Waals surface area contributed by atoms with Gasteiger partial charge in [-0.3, -0.25) is 4.98 Å². The first-order valence-corrected chi connectivity index (χ1v) is 7.08. The van der Waals surface area contributed by atoms with Crippen LogP contribution in [-0.2, 0) is 5.41 Å². The summed E-state index contributed by atoms with van der Waals surface area (Å²) in [5, 5.41) is 13.2. The van der Waals surface area contributed by atoms with Crippen molar-refractivity contribution in [2.75, 3.05) is 0 Å². The number of nitrogens with one attached hydrogen (secondary N) is 1. The smallest absolute Gasteiger partial charge is 0.0867 e. The van der Waals surface area contributed by atoms with Gasteiger partial charge in [0.25, 0.3) is 0 Å². The van der Waals surface area contributed by atoms with Crippen LogP contribution in [0.5, 0.6) is 0 Å². The van der Waals surface area contributed by atoms with Crippen LogP contribution in [0.25, 0.3) is 0 Å². The van der Waals surface area contributed by atoms with Gasteiger partial charge in [0.2, 0.25) is 0 Å². The van der Waals surface area contributed by atoms with Gasteiger partial charge in [-0.25, -0.2) is 0 Å². The van der Waals surface area contributed by atoms with Crippen molar-refractivity contribution in [1.82, 2.24) is 10.3 Å². The van der Waals surface area contributed by atoms with Crippen molar-refractivity contribution in [2.24, 2.45) is 0 Å². The van der Waals surface area contributed by atoms with E-state index < -0.39 is 0 Å². The van der Waals surface area contributed by atoms with Crippen LogP contribution in [0.15, 0.2) is 18.5 Å². The molecule has 3 nitrogen and oxygen atoms in total. The first kappa shape index (κ1) is 11.4. The van der Waals surface area contributed by atoms with E-state index in [0.717, 1.165) is 22.0 Å². The molecule has 0 aromatic carbocycles. The lowest BCUT2D eigenvalue weighted by atomic mass is 9.72. The molecule has 0 radical (unpaired) electrons. The average Bonchev–Trinajstić information content (AvgIpc) is 2.69. The molecule has 2 aliphatic heterocycles. The van der Waals surface area contributed by atoms with E-state index in [2.05, 4.69) is 45.0 Å². The molecule has 3 atom stereocenters. The fraction of sp³-hybridized carbons (Fsp3) is 0.538. The molecule has 2 bridgehead atoms. The zero-order valence-corrected chi connectivity index (χ0v) is 11.6. The molecule has 1 aromatic heterocycles. The number of piperidine rings is 1. The van der Waals surface area contributed by atoms with E-state index in [4.69, 9.17) is 0 Å². The van der Waals surface area contributed by atoms with E-state index in [1.165, 1.54) is 12.8 Å². The van der Waals surface area contributed by atoms with E-state index in [1.54, 1.807) is 0 Å². The lowest BCUT2D eigenvalue weighted by molar-refractivity contribution is 0.304. The molecule has 4 heteroatoms. The molecule has 0 aliphatic carbocycles. The minimum absolute atomic E-state index is 0.314. The molecule has 2 fully saturated rings. The molecule has 0 unspecified atom stereocenters. The van der Waals surface area contributed by atoms with Gasteiger partial charge in [-0.05, 0) is 59.9 Å². The molecule has 1 aromatic rings. The molecule has 3 rings (SSSR count). The summed E-state index contributed by atoms with van der Waals surface area (Å²) in [4.78, 5) is 4.24. The highest BCUT2D eigenvalue weighted by atomic mass is 127. The largest absolute Gasteiger partial charge is 0.311 e. The highest BCUT2D eigenvalue weighted by molar-refractivity contribution is 14.1. The summed E-state index contributed by atoms with van der Waals surface area (Å²) in [6.07, 6.45) is 8.00. The van der Waals surface area contributed by atoms with Gasteiger partial charge in [-0.15, -0.1) is 0 Å². The van der Waals surface area contributed by atoms with E-state index in [9.17, 15) is 5.26 Å². The second-order valence-electron chi connectivity index (χ2n) is 5.13. The number of fused-ring (bicyclic) bond motifs is 2. The van der Waals surface area contributed by atoms with Gasteiger partial charge in [0.1, 0.15) is 0 Å². The van der Waals surface area contributed by atoms with Crippen LogP contribution >= 0.6 is 22.6 Å². The molecular formula is C13H14IN3. The lowest BCUT2D eigenvalue weighted by Crippen LogP contribution is -2.46. The molecule has 88 valence electrons. The third-order valence-corrected chi connectivity index (χ3v) is 4.59. The van der Waals surface area contributed by atoms with Crippen molar-refractivity contribution in [2.45, 2.75) is 43.2 Å². The Balaban J connectivity index is 2.00. The Kier molecular flexibility index (Phi) is 2.83. The normalized spacial score (nSPS) is 35.5. The van der Waals surface area contributed by atoms with Gasteiger partial charge in [-0.1, -0.05) is 0 Å². The van der Waals surface area contributed by atoms with Crippen molar-refractivity contribution < 1.29 is 0 Å². The summed E-state index contributed by atoms with van der Waals surface area (Å²) >= 11 is 2.26. The van der Waals surface area contributed by atoms with Gasteiger partial charge in [0.05, 0.1) is 11.5 Å². The molecule has 0 saturated carbocycles. The first-order valence-electron chi connectivity index (χ1n) is 6.00. The van der Waals surface area contributed by atoms with E-state index in [1.807, 2.05) is 12.4 Å². The Bertz CT molecular complexity index is 468. The standard InChI is InChI=1S/C13H14IN3/c14-10-3-9(6-16-7-10)13(8-15)4-11-1-2-12(5-13)17-11/h3,6-7,11-12,17H,1-2,4-5H2/t11-,12+,13-. The Morgan fingerprint density at radius 2 is 2.06 bits per heavy atom. The fourth-order valence-electron chi connectivity index (χ4n) is 3.21. The maximum absolute atomic E-state index is 9.64. The highest BCUT2D eigenvalue weighted by Gasteiger charge is 2.45. The van der Waals surface area contributed by atoms with Crippen molar-refractivity contribution >= 4 is 22.6 Å². The molecule has 17 heavy (non-hydrogen) atoms. The van der Waals surface area contributed by atoms with Crippen molar-refractivity contribution in [3.63, 3.8) is 0 Å². The van der Waals surface area contributed by atoms with Gasteiger partial charge < -0.3 is 5.32 Å². The molecule has 0 amide bonds. The molecule has 3 heterocycles. The molecule has 2 saturated heterocycles. The van der Waals surface area contributed by atoms with Crippen molar-refractivity contribution in [1.29, 1.82) is 5.26 Å². The van der Waals surface area contributed by atoms with Crippen molar-refractivity contribution in [3.05, 3.63) is 27.6 Å². The SMILES string of the molecule is N#C[C@@]1(c2cncc(I)c2)C[C@H]2CC[C@@H](C1)N2. The number of rotatable bonds is 1. The lowest BCUT2D eigenvalue weighted by Gasteiger charge is -2.36. The summed E-state index contributed by atoms with van der Waals surface area (Å²) in [5.41, 5.74) is 0.788. The topological polar surface area (TPSA) is 48.7 Å². The minimum Gasteiger partial charge on any atom is -0.311 e. The van der Waals surface area contributed by atoms with Gasteiger partial charge in [0.15, 0.2) is 0 Å². The minimum atomic E-state index is -0.314. The van der Waals surface area contributed by atoms with Gasteiger partial charge >= 0.3 is 0 Å². The first-order chi connectivity index (χ1) is 8.22. The summed E-state index contributed by atoms with van der Waals surface area (Å²) in [5.74, 6) is 0. The predicted octanol–water partition coefficient (Wildman–Crippen LogP) is 2.36. The summed E-state index contributed by atoms with van der Waals surface area (Å²) in [7, 11) is 0. The van der Waals surface area contributed by atoms with Gasteiger partial charge in [0, 0.05) is 28.0 Å². The predicted molar refractivity (Wildman–Crippen MR) is 73.4 cm³/mol. The van der Waals surface area contributed by atoms with Crippen molar-refractivity contribution in [3.8, 4) is 6.07 Å². The number of pyridine rings is 1. The number of nitrogens with zero attached hydrogens (tertiary/aromatic N) is 2. The Hall–Kier alpha value is -0.670. The Labute approximate surface area is 115 Å². The van der Waals surface area contributed by atoms with Crippen LogP contribution in [0, 0.1) is 14.9 Å². The van der Waals surface area contributed by atoms with Crippen LogP contribution in [0.1, 0.15) is 31.2 Å². The molecule has 0 spiro atoms. The monoisotopic (exact) mass is 339 g/mol. The number of nitriles is 1. The third-order valence-electron chi connectivity index (χ3n) is 4.00. The maximum atomic E-state index is 9.64. The molecule has 1 N–H and O–H groups in total. The summed E-state index contributed by atoms with van der Waals surface area (Å²) < 4.78 is 1.11. The third kappa shape index (κ3) is 1.95. The second kappa shape index (κ2) is 4.21. The number of halogens is 1. The Morgan fingerprint density at radius 1 is 1.35 bits per heavy atom. The fourth-order valence-corrected chi connectivity index (χ4v) is 3.71. The number of hydrogen-bond acceptors (Lipinski definition) is 3. The zero-order chi connectivity index (χ0) is 11.9. The molecular weight excluding hydrogens is 325 g/mol. The van der Waals surface area contributed by atoms with E-state index in [-0.39, 0.29) is 5.41 Å². The van der Waals surface area contributed by atoms with Crippen LogP contribution in [-0.4, -0.2) is 17.1 Å². The van der Waals surface area contributed by atoms with E-state index >= 15 is 0 Å². The van der Waals surface area contributed by atoms with Gasteiger partial charge in [-0.2, -0.15) is 5.26 Å². The number of aromatic nitrogens is 1. The Morgan fingerprint density at radius 3 is 2.65 bits per heavy atom. The summed E-state index contributed by atoms with van der Waals surface area (Å²) in [6.45, 7) is 0. The quantitative estimate of drug-likeness (QED) is 0.799. The van der Waals surface area contributed by atoms with Crippen LogP contribution in [0.4, 0.5) is 0 Å².